The molecule has 1 saturated heterocycles. The van der Waals surface area contributed by atoms with Crippen LogP contribution in [0.5, 0.6) is 5.75 Å². The molecule has 1 unspecified atom stereocenters. The average molecular weight is 263 g/mol. The number of carbonyl (C=O) groups is 1. The zero-order valence-electron chi connectivity index (χ0n) is 10.8. The molecule has 5 nitrogen and oxygen atoms in total. The Kier molecular flexibility index (Phi) is 4.52. The standard InChI is InChI=1S/C14H17NO4/c1-10-4-6-13(12(15-10)5-7-14(16)17)19-11-3-2-8-18-9-11/h4-7,11H,2-3,8-9H2,1H3,(H,16,17)/b7-5+. The van der Waals surface area contributed by atoms with Gasteiger partial charge in [-0.05, 0) is 38.0 Å². The predicted molar refractivity (Wildman–Crippen MR) is 70.1 cm³/mol. The molecule has 0 bridgehead atoms. The molecule has 0 amide bonds. The molecule has 1 aliphatic heterocycles. The molecule has 1 aliphatic rings. The van der Waals surface area contributed by atoms with Crippen LogP contribution in [0.15, 0.2) is 18.2 Å². The van der Waals surface area contributed by atoms with Crippen LogP contribution in [0.3, 0.4) is 0 Å². The molecule has 102 valence electrons. The smallest absolute Gasteiger partial charge is 0.328 e. The zero-order valence-corrected chi connectivity index (χ0v) is 10.8. The quantitative estimate of drug-likeness (QED) is 0.842. The van der Waals surface area contributed by atoms with Crippen molar-refractivity contribution in [3.05, 3.63) is 29.6 Å². The van der Waals surface area contributed by atoms with Gasteiger partial charge in [0.2, 0.25) is 0 Å². The minimum absolute atomic E-state index is 0.00948. The first kappa shape index (κ1) is 13.5. The third kappa shape index (κ3) is 4.06. The lowest BCUT2D eigenvalue weighted by Crippen LogP contribution is -2.28. The number of hydrogen-bond acceptors (Lipinski definition) is 4. The van der Waals surface area contributed by atoms with Crippen molar-refractivity contribution in [2.45, 2.75) is 25.9 Å². The summed E-state index contributed by atoms with van der Waals surface area (Å²) >= 11 is 0. The van der Waals surface area contributed by atoms with Crippen molar-refractivity contribution < 1.29 is 19.4 Å². The molecule has 1 aromatic rings. The van der Waals surface area contributed by atoms with Crippen molar-refractivity contribution in [3.63, 3.8) is 0 Å². The maximum absolute atomic E-state index is 10.6. The summed E-state index contributed by atoms with van der Waals surface area (Å²) in [4.78, 5) is 14.9. The van der Waals surface area contributed by atoms with Gasteiger partial charge in [-0.1, -0.05) is 0 Å². The van der Waals surface area contributed by atoms with Crippen molar-refractivity contribution in [1.29, 1.82) is 0 Å². The summed E-state index contributed by atoms with van der Waals surface area (Å²) in [5, 5.41) is 8.68. The van der Waals surface area contributed by atoms with E-state index in [4.69, 9.17) is 14.6 Å². The fourth-order valence-electron chi connectivity index (χ4n) is 1.92. The van der Waals surface area contributed by atoms with Crippen molar-refractivity contribution in [1.82, 2.24) is 4.98 Å². The molecule has 1 N–H and O–H groups in total. The van der Waals surface area contributed by atoms with E-state index in [-0.39, 0.29) is 6.10 Å². The molecular weight excluding hydrogens is 246 g/mol. The van der Waals surface area contributed by atoms with Gasteiger partial charge in [0.05, 0.1) is 6.61 Å². The van der Waals surface area contributed by atoms with Crippen LogP contribution in [0, 0.1) is 6.92 Å². The molecule has 0 aromatic carbocycles. The first-order valence-electron chi connectivity index (χ1n) is 6.28. The third-order valence-electron chi connectivity index (χ3n) is 2.82. The van der Waals surface area contributed by atoms with Crippen molar-refractivity contribution in [3.8, 4) is 5.75 Å². The van der Waals surface area contributed by atoms with Gasteiger partial charge in [0.1, 0.15) is 17.5 Å². The minimum Gasteiger partial charge on any atom is -0.486 e. The van der Waals surface area contributed by atoms with Crippen molar-refractivity contribution in [2.24, 2.45) is 0 Å². The van der Waals surface area contributed by atoms with Crippen LogP contribution in [-0.2, 0) is 9.53 Å². The van der Waals surface area contributed by atoms with Gasteiger partial charge in [0.25, 0.3) is 0 Å². The third-order valence-corrected chi connectivity index (χ3v) is 2.82. The lowest BCUT2D eigenvalue weighted by molar-refractivity contribution is -0.131. The largest absolute Gasteiger partial charge is 0.486 e. The van der Waals surface area contributed by atoms with Crippen LogP contribution in [0.2, 0.25) is 0 Å². The van der Waals surface area contributed by atoms with Gasteiger partial charge in [0.15, 0.2) is 0 Å². The van der Waals surface area contributed by atoms with E-state index < -0.39 is 5.97 Å². The number of pyridine rings is 1. The second kappa shape index (κ2) is 6.33. The molecule has 1 fully saturated rings. The monoisotopic (exact) mass is 263 g/mol. The maximum Gasteiger partial charge on any atom is 0.328 e. The average Bonchev–Trinajstić information content (AvgIpc) is 2.40. The van der Waals surface area contributed by atoms with Crippen LogP contribution in [0.25, 0.3) is 6.08 Å². The molecule has 1 atom stereocenters. The Morgan fingerprint density at radius 3 is 3.11 bits per heavy atom. The minimum atomic E-state index is -1.00. The fourth-order valence-corrected chi connectivity index (χ4v) is 1.92. The molecule has 0 spiro atoms. The zero-order chi connectivity index (χ0) is 13.7. The predicted octanol–water partition coefficient (Wildman–Crippen LogP) is 2.05. The first-order chi connectivity index (χ1) is 9.15. The van der Waals surface area contributed by atoms with Gasteiger partial charge in [-0.3, -0.25) is 0 Å². The number of aromatic nitrogens is 1. The van der Waals surface area contributed by atoms with E-state index in [2.05, 4.69) is 4.98 Å². The summed E-state index contributed by atoms with van der Waals surface area (Å²) in [6, 6.07) is 3.66. The fraction of sp³-hybridized carbons (Fsp3) is 0.429. The highest BCUT2D eigenvalue weighted by Gasteiger charge is 2.17. The molecule has 19 heavy (non-hydrogen) atoms. The first-order valence-corrected chi connectivity index (χ1v) is 6.28. The number of aliphatic carboxylic acids is 1. The normalized spacial score (nSPS) is 19.5. The van der Waals surface area contributed by atoms with Crippen LogP contribution in [0.4, 0.5) is 0 Å². The Balaban J connectivity index is 2.15. The SMILES string of the molecule is Cc1ccc(OC2CCCOC2)c(/C=C/C(=O)O)n1. The molecule has 0 saturated carbocycles. The van der Waals surface area contributed by atoms with E-state index in [1.165, 1.54) is 6.08 Å². The molecule has 0 aliphatic carbocycles. The Labute approximate surface area is 111 Å². The number of aryl methyl sites for hydroxylation is 1. The van der Waals surface area contributed by atoms with Crippen LogP contribution in [-0.4, -0.2) is 35.4 Å². The molecule has 2 rings (SSSR count). The highest BCUT2D eigenvalue weighted by molar-refractivity contribution is 5.85. The number of nitrogens with zero attached hydrogens (tertiary/aromatic N) is 1. The number of carboxylic acids is 1. The molecule has 1 aromatic heterocycles. The Bertz CT molecular complexity index is 478. The van der Waals surface area contributed by atoms with E-state index in [0.717, 1.165) is 31.2 Å². The van der Waals surface area contributed by atoms with E-state index in [9.17, 15) is 4.79 Å². The van der Waals surface area contributed by atoms with E-state index in [1.807, 2.05) is 19.1 Å². The Morgan fingerprint density at radius 2 is 2.42 bits per heavy atom. The van der Waals surface area contributed by atoms with E-state index >= 15 is 0 Å². The van der Waals surface area contributed by atoms with Gasteiger partial charge in [0, 0.05) is 18.4 Å². The van der Waals surface area contributed by atoms with E-state index in [0.29, 0.717) is 18.1 Å². The van der Waals surface area contributed by atoms with Crippen LogP contribution >= 0.6 is 0 Å². The number of rotatable bonds is 4. The lowest BCUT2D eigenvalue weighted by Gasteiger charge is -2.23. The van der Waals surface area contributed by atoms with Crippen molar-refractivity contribution >= 4 is 12.0 Å². The summed E-state index contributed by atoms with van der Waals surface area (Å²) < 4.78 is 11.2. The highest BCUT2D eigenvalue weighted by Crippen LogP contribution is 2.22. The van der Waals surface area contributed by atoms with Crippen molar-refractivity contribution in [2.75, 3.05) is 13.2 Å². The maximum atomic E-state index is 10.6. The molecule has 0 radical (unpaired) electrons. The van der Waals surface area contributed by atoms with Crippen LogP contribution in [0.1, 0.15) is 24.2 Å². The molecule has 2 heterocycles. The Hall–Kier alpha value is -1.88. The Morgan fingerprint density at radius 1 is 1.58 bits per heavy atom. The van der Waals surface area contributed by atoms with Gasteiger partial charge >= 0.3 is 5.97 Å². The summed E-state index contributed by atoms with van der Waals surface area (Å²) in [5.41, 5.74) is 1.35. The summed E-state index contributed by atoms with van der Waals surface area (Å²) in [6.45, 7) is 3.19. The molecule has 5 heteroatoms. The van der Waals surface area contributed by atoms with Gasteiger partial charge < -0.3 is 14.6 Å². The number of carboxylic acid groups (broad SMARTS) is 1. The summed E-state index contributed by atoms with van der Waals surface area (Å²) in [7, 11) is 0. The lowest BCUT2D eigenvalue weighted by atomic mass is 10.1. The topological polar surface area (TPSA) is 68.7 Å². The van der Waals surface area contributed by atoms with Gasteiger partial charge in [-0.25, -0.2) is 9.78 Å². The summed E-state index contributed by atoms with van der Waals surface area (Å²) in [6.07, 6.45) is 4.44. The van der Waals surface area contributed by atoms with E-state index in [1.54, 1.807) is 0 Å². The van der Waals surface area contributed by atoms with Crippen LogP contribution < -0.4 is 4.74 Å². The second-order valence-electron chi connectivity index (χ2n) is 4.46. The molecular formula is C14H17NO4. The van der Waals surface area contributed by atoms with Gasteiger partial charge in [-0.2, -0.15) is 0 Å². The van der Waals surface area contributed by atoms with Gasteiger partial charge in [-0.15, -0.1) is 0 Å². The highest BCUT2D eigenvalue weighted by atomic mass is 16.5. The number of ether oxygens (including phenoxy) is 2. The number of hydrogen-bond donors (Lipinski definition) is 1. The second-order valence-corrected chi connectivity index (χ2v) is 4.46. The summed E-state index contributed by atoms with van der Waals surface area (Å²) in [5.74, 6) is -0.408.